The van der Waals surface area contributed by atoms with E-state index in [1.807, 2.05) is 36.4 Å². The molecule has 0 amide bonds. The first-order valence-corrected chi connectivity index (χ1v) is 30.2. The topological polar surface area (TPSA) is 192 Å². The monoisotopic (exact) mass is 1210 g/mol. The number of ketones is 4. The molecule has 2 aliphatic heterocycles. The molecule has 8 aromatic rings. The van der Waals surface area contributed by atoms with Gasteiger partial charge in [0.15, 0.2) is 23.1 Å². The molecule has 4 aliphatic carbocycles. The first-order valence-electron chi connectivity index (χ1n) is 28.5. The second-order valence-corrected chi connectivity index (χ2v) is 24.0. The third kappa shape index (κ3) is 10.0. The number of thiophene rings is 2. The summed E-state index contributed by atoms with van der Waals surface area (Å²) in [5, 5.41) is 0. The molecule has 16 heteroatoms. The second-order valence-electron chi connectivity index (χ2n) is 21.9. The van der Waals surface area contributed by atoms with Gasteiger partial charge in [0.1, 0.15) is 37.9 Å². The van der Waals surface area contributed by atoms with Gasteiger partial charge >= 0.3 is 35.1 Å². The number of fused-ring (bicyclic) bond motifs is 9. The van der Waals surface area contributed by atoms with Crippen molar-refractivity contribution < 1.29 is 66.8 Å². The van der Waals surface area contributed by atoms with Crippen LogP contribution in [0.1, 0.15) is 89.5 Å². The lowest BCUT2D eigenvalue weighted by Crippen LogP contribution is -2.51. The molecule has 0 saturated heterocycles. The van der Waals surface area contributed by atoms with Gasteiger partial charge in [0.2, 0.25) is 0 Å². The average molecular weight is 1210 g/mol. The highest BCUT2D eigenvalue weighted by Gasteiger charge is 2.62. The third-order valence-electron chi connectivity index (χ3n) is 16.3. The number of hydrogen-bond acceptors (Lipinski definition) is 16. The van der Waals surface area contributed by atoms with Crippen LogP contribution in [-0.2, 0) is 96.4 Å². The molecule has 6 aliphatic rings. The van der Waals surface area contributed by atoms with Gasteiger partial charge in [-0.25, -0.2) is 19.2 Å². The Kier molecular flexibility index (Phi) is 14.4. The predicted molar refractivity (Wildman–Crippen MR) is 329 cm³/mol. The minimum absolute atomic E-state index is 0.0200. The van der Waals surface area contributed by atoms with Crippen molar-refractivity contribution in [3.63, 3.8) is 0 Å². The van der Waals surface area contributed by atoms with Crippen LogP contribution in [0.4, 0.5) is 0 Å². The molecule has 14 rings (SSSR count). The van der Waals surface area contributed by atoms with Crippen LogP contribution in [0, 0.1) is 11.8 Å². The fraction of sp³-hybridized carbons (Fsp3) is 0.123. The Hall–Kier alpha value is -10.7. The molecule has 0 spiro atoms. The number of hydrogen-bond donors (Lipinski definition) is 0. The van der Waals surface area contributed by atoms with E-state index in [4.69, 9.17) is 28.4 Å². The van der Waals surface area contributed by atoms with E-state index in [1.165, 1.54) is 18.2 Å². The van der Waals surface area contributed by atoms with Gasteiger partial charge in [-0.2, -0.15) is 0 Å². The molecule has 0 N–H and O–H groups in total. The Bertz CT molecular complexity index is 4370. The summed E-state index contributed by atoms with van der Waals surface area (Å²) >= 11 is 2.23. The summed E-state index contributed by atoms with van der Waals surface area (Å²) in [5.74, 6) is -7.36. The summed E-state index contributed by atoms with van der Waals surface area (Å²) < 4.78 is 38.1. The molecular formula is C73H48O14S2. The zero-order valence-electron chi connectivity index (χ0n) is 47.0. The molecule has 0 saturated carbocycles. The highest BCUT2D eigenvalue weighted by atomic mass is 32.1. The van der Waals surface area contributed by atoms with E-state index < -0.39 is 70.0 Å². The summed E-state index contributed by atoms with van der Waals surface area (Å²) in [6, 6.07) is 52.1. The van der Waals surface area contributed by atoms with Crippen LogP contribution in [0.25, 0.3) is 23.3 Å². The summed E-state index contributed by atoms with van der Waals surface area (Å²) in [7, 11) is 0. The number of rotatable bonds is 14. The Morgan fingerprint density at radius 2 is 0.764 bits per heavy atom. The first-order chi connectivity index (χ1) is 43.4. The van der Waals surface area contributed by atoms with Crippen LogP contribution in [0.15, 0.2) is 229 Å². The van der Waals surface area contributed by atoms with E-state index in [0.717, 1.165) is 22.7 Å². The molecule has 89 heavy (non-hydrogen) atoms. The van der Waals surface area contributed by atoms with Gasteiger partial charge in [-0.05, 0) is 64.3 Å². The summed E-state index contributed by atoms with van der Waals surface area (Å²) in [6.07, 6.45) is 10.1. The molecule has 0 fully saturated rings. The van der Waals surface area contributed by atoms with Crippen molar-refractivity contribution >= 4 is 93.0 Å². The van der Waals surface area contributed by atoms with E-state index in [9.17, 15) is 19.2 Å². The van der Waals surface area contributed by atoms with E-state index in [0.29, 0.717) is 64.0 Å². The highest BCUT2D eigenvalue weighted by molar-refractivity contribution is 7.14. The van der Waals surface area contributed by atoms with Crippen molar-refractivity contribution in [1.82, 2.24) is 0 Å². The molecule has 436 valence electrons. The minimum atomic E-state index is -2.62. The van der Waals surface area contributed by atoms with Crippen molar-refractivity contribution in [3.8, 4) is 0 Å². The molecular weight excluding hydrogens is 1160 g/mol. The normalized spacial score (nSPS) is 18.2. The number of benzene rings is 6. The van der Waals surface area contributed by atoms with Crippen LogP contribution in [-0.4, -0.2) is 47.0 Å². The number of carbonyl (C=O) groups is 8. The molecule has 2 atom stereocenters. The zero-order valence-corrected chi connectivity index (χ0v) is 48.6. The Labute approximate surface area is 516 Å². The second kappa shape index (κ2) is 22.9. The lowest BCUT2D eigenvalue weighted by molar-refractivity contribution is -0.191. The van der Waals surface area contributed by atoms with Gasteiger partial charge in [0, 0.05) is 76.7 Å². The maximum absolute atomic E-state index is 15.3. The van der Waals surface area contributed by atoms with Gasteiger partial charge in [-0.3, -0.25) is 19.2 Å². The average Bonchev–Trinajstić information content (AvgIpc) is 1.73. The molecule has 0 radical (unpaired) electrons. The quantitative estimate of drug-likeness (QED) is 0.0328. The van der Waals surface area contributed by atoms with Crippen LogP contribution in [0.2, 0.25) is 0 Å². The Morgan fingerprint density at radius 3 is 1.16 bits per heavy atom. The molecule has 2 aromatic heterocycles. The summed E-state index contributed by atoms with van der Waals surface area (Å²) in [6.45, 7) is -1.00. The first kappa shape index (κ1) is 56.1. The van der Waals surface area contributed by atoms with Crippen molar-refractivity contribution in [2.75, 3.05) is 0 Å². The smallest absolute Gasteiger partial charge is 0.367 e. The standard InChI is InChI=1S/C73H48O14S2/c74-60-31-46-25-13-14-26-51(46)63(75)54(60)34-49-36-58-66(88-49)55-29-47-33-62-56(30-48(47)32-61(55)86-72(58,68(78)82-38-42-17-5-1-6-18-42)69(79)83-39-43-19-7-2-8-20-43)67-59(37-50(89-67)35-57-64(76)52-27-15-16-28-53(52)65(57)77)73(87-62,70(80)84-40-44-21-9-3-10-22-44)71(81)85-41-45-23-11-4-12-24-45/h1-30,32-37,47-48H,31,38-41H2/b54-34-. The summed E-state index contributed by atoms with van der Waals surface area (Å²) in [5.41, 5.74) is -0.594. The molecule has 14 nitrogen and oxygen atoms in total. The maximum Gasteiger partial charge on any atom is 0.367 e. The van der Waals surface area contributed by atoms with Crippen molar-refractivity contribution in [3.05, 3.63) is 304 Å². The largest absolute Gasteiger partial charge is 0.459 e. The Morgan fingerprint density at radius 1 is 0.427 bits per heavy atom. The van der Waals surface area contributed by atoms with Gasteiger partial charge in [0.25, 0.3) is 0 Å². The number of carbonyl (C=O) groups excluding carboxylic acids is 8. The van der Waals surface area contributed by atoms with Gasteiger partial charge in [-0.1, -0.05) is 182 Å². The lowest BCUT2D eigenvalue weighted by Gasteiger charge is -2.41. The molecule has 4 heterocycles. The van der Waals surface area contributed by atoms with Crippen LogP contribution >= 0.6 is 22.7 Å². The van der Waals surface area contributed by atoms with Gasteiger partial charge in [-0.15, -0.1) is 22.7 Å². The highest BCUT2D eigenvalue weighted by Crippen LogP contribution is 2.56. The zero-order chi connectivity index (χ0) is 61.0. The molecule has 2 unspecified atom stereocenters. The SMILES string of the molecule is O=C1Cc2ccccc2C(=O)/C1=C\c1cc2c(s1)C1=CC3C=C4OC(C(=O)OCc5ccccc5)(C(=O)OCc5ccccc5)c5cc(C=C6C(=O)c7ccccc7C6=O)sc5C4=CC3C=C1OC2(C(=O)OCc1ccccc1)C(=O)OCc1ccccc1. The minimum Gasteiger partial charge on any atom is -0.459 e. The number of esters is 4. The van der Waals surface area contributed by atoms with Crippen molar-refractivity contribution in [1.29, 1.82) is 0 Å². The van der Waals surface area contributed by atoms with Crippen LogP contribution in [0.5, 0.6) is 0 Å². The van der Waals surface area contributed by atoms with E-state index in [2.05, 4.69) is 0 Å². The van der Waals surface area contributed by atoms with Crippen LogP contribution in [0.3, 0.4) is 0 Å². The van der Waals surface area contributed by atoms with E-state index in [-0.39, 0.29) is 77.8 Å². The maximum atomic E-state index is 15.3. The fourth-order valence-electron chi connectivity index (χ4n) is 11.8. The lowest BCUT2D eigenvalue weighted by atomic mass is 9.75. The number of Topliss-reactive ketones (excluding diaryl/α,β-unsaturated/α-hetero) is 4. The van der Waals surface area contributed by atoms with Crippen molar-refractivity contribution in [2.45, 2.75) is 44.1 Å². The third-order valence-corrected chi connectivity index (χ3v) is 18.5. The molecule has 0 bridgehead atoms. The van der Waals surface area contributed by atoms with Gasteiger partial charge in [0.05, 0.1) is 11.1 Å². The molecule has 6 aromatic carbocycles. The van der Waals surface area contributed by atoms with Gasteiger partial charge < -0.3 is 28.4 Å². The number of allylic oxidation sites excluding steroid dienone is 8. The Balaban J connectivity index is 0.922. The predicted octanol–water partition coefficient (Wildman–Crippen LogP) is 12.6. The fourth-order valence-corrected chi connectivity index (χ4v) is 14.2. The van der Waals surface area contributed by atoms with E-state index >= 15 is 19.2 Å². The summed E-state index contributed by atoms with van der Waals surface area (Å²) in [4.78, 5) is 118. The van der Waals surface area contributed by atoms with Crippen molar-refractivity contribution in [2.24, 2.45) is 11.8 Å². The number of ether oxygens (including phenoxy) is 6. The van der Waals surface area contributed by atoms with E-state index in [1.54, 1.807) is 164 Å². The van der Waals surface area contributed by atoms with Crippen LogP contribution < -0.4 is 0 Å².